The van der Waals surface area contributed by atoms with Crippen molar-refractivity contribution < 1.29 is 4.39 Å². The summed E-state index contributed by atoms with van der Waals surface area (Å²) < 4.78 is 13.1. The van der Waals surface area contributed by atoms with Crippen LogP contribution < -0.4 is 5.73 Å². The summed E-state index contributed by atoms with van der Waals surface area (Å²) >= 11 is 0. The van der Waals surface area contributed by atoms with Gasteiger partial charge in [-0.2, -0.15) is 0 Å². The van der Waals surface area contributed by atoms with E-state index in [2.05, 4.69) is 0 Å². The van der Waals surface area contributed by atoms with Gasteiger partial charge in [0.25, 0.3) is 0 Å². The lowest BCUT2D eigenvalue weighted by Gasteiger charge is -2.21. The van der Waals surface area contributed by atoms with Gasteiger partial charge in [-0.25, -0.2) is 4.39 Å². The van der Waals surface area contributed by atoms with Crippen molar-refractivity contribution in [2.45, 2.75) is 52.2 Å². The van der Waals surface area contributed by atoms with E-state index in [1.54, 1.807) is 0 Å². The summed E-state index contributed by atoms with van der Waals surface area (Å²) in [7, 11) is 0. The minimum atomic E-state index is -0.741. The Hall–Kier alpha value is -0.110. The van der Waals surface area contributed by atoms with Gasteiger partial charge < -0.3 is 5.73 Å². The van der Waals surface area contributed by atoms with Crippen LogP contribution in [-0.4, -0.2) is 11.7 Å². The third-order valence-corrected chi connectivity index (χ3v) is 1.47. The van der Waals surface area contributed by atoms with Crippen molar-refractivity contribution in [3.63, 3.8) is 0 Å². The molecule has 0 aliphatic carbocycles. The lowest BCUT2D eigenvalue weighted by atomic mass is 9.94. The van der Waals surface area contributed by atoms with Crippen molar-refractivity contribution in [3.05, 3.63) is 0 Å². The van der Waals surface area contributed by atoms with Crippen LogP contribution in [-0.2, 0) is 0 Å². The topological polar surface area (TPSA) is 26.0 Å². The normalized spacial score (nSPS) is 15.5. The number of rotatable bonds is 4. The van der Waals surface area contributed by atoms with E-state index in [-0.39, 0.29) is 5.54 Å². The van der Waals surface area contributed by atoms with E-state index in [9.17, 15) is 4.39 Å². The minimum absolute atomic E-state index is 0.367. The molecule has 0 saturated carbocycles. The second kappa shape index (κ2) is 4.05. The molecule has 0 radical (unpaired) electrons. The van der Waals surface area contributed by atoms with Crippen LogP contribution in [0.1, 0.15) is 40.5 Å². The third-order valence-electron chi connectivity index (χ3n) is 1.47. The molecule has 0 rings (SSSR count). The largest absolute Gasteiger partial charge is 0.325 e. The highest BCUT2D eigenvalue weighted by molar-refractivity contribution is 4.76. The Bertz CT molecular complexity index is 105. The molecule has 1 unspecified atom stereocenters. The molecule has 0 spiro atoms. The zero-order valence-corrected chi connectivity index (χ0v) is 8.02. The van der Waals surface area contributed by atoms with Gasteiger partial charge in [-0.1, -0.05) is 13.8 Å². The molecule has 0 heterocycles. The van der Waals surface area contributed by atoms with Gasteiger partial charge in [0.15, 0.2) is 0 Å². The molecule has 0 aromatic carbocycles. The van der Waals surface area contributed by atoms with E-state index in [4.69, 9.17) is 5.73 Å². The molecule has 0 aliphatic heterocycles. The lowest BCUT2D eigenvalue weighted by molar-refractivity contribution is 0.227. The van der Waals surface area contributed by atoms with Gasteiger partial charge in [-0.15, -0.1) is 0 Å². The highest BCUT2D eigenvalue weighted by atomic mass is 19.1. The molecule has 0 saturated heterocycles. The first-order valence-corrected chi connectivity index (χ1v) is 4.24. The molecule has 0 aliphatic rings. The molecule has 0 bridgehead atoms. The summed E-state index contributed by atoms with van der Waals surface area (Å²) in [6, 6.07) is 0. The summed E-state index contributed by atoms with van der Waals surface area (Å²) in [5.74, 6) is 0.423. The molecule has 1 atom stereocenters. The average molecular weight is 161 g/mol. The number of halogens is 1. The maximum Gasteiger partial charge on any atom is 0.102 e. The zero-order chi connectivity index (χ0) is 9.07. The Morgan fingerprint density at radius 1 is 1.36 bits per heavy atom. The number of hydrogen-bond acceptors (Lipinski definition) is 1. The van der Waals surface area contributed by atoms with Crippen LogP contribution in [0.4, 0.5) is 4.39 Å². The fourth-order valence-electron chi connectivity index (χ4n) is 1.17. The summed E-state index contributed by atoms with van der Waals surface area (Å²) in [4.78, 5) is 0. The van der Waals surface area contributed by atoms with Crippen molar-refractivity contribution in [1.29, 1.82) is 0 Å². The Labute approximate surface area is 69.2 Å². The Morgan fingerprint density at radius 2 is 1.82 bits per heavy atom. The van der Waals surface area contributed by atoms with E-state index in [1.807, 2.05) is 27.7 Å². The standard InChI is InChI=1S/C9H20FN/c1-7(2)5-8(10)6-9(3,4)11/h7-8H,5-6,11H2,1-4H3. The smallest absolute Gasteiger partial charge is 0.102 e. The first-order chi connectivity index (χ1) is 4.81. The van der Waals surface area contributed by atoms with Crippen LogP contribution in [0.2, 0.25) is 0 Å². The molecule has 0 fully saturated rings. The maximum atomic E-state index is 13.1. The predicted molar refractivity (Wildman–Crippen MR) is 47.2 cm³/mol. The van der Waals surface area contributed by atoms with Crippen LogP contribution >= 0.6 is 0 Å². The number of nitrogens with two attached hydrogens (primary N) is 1. The van der Waals surface area contributed by atoms with Crippen molar-refractivity contribution in [2.24, 2.45) is 11.7 Å². The molecule has 1 nitrogen and oxygen atoms in total. The van der Waals surface area contributed by atoms with Crippen molar-refractivity contribution >= 4 is 0 Å². The van der Waals surface area contributed by atoms with Gasteiger partial charge >= 0.3 is 0 Å². The van der Waals surface area contributed by atoms with Gasteiger partial charge in [0.05, 0.1) is 0 Å². The first kappa shape index (κ1) is 10.9. The molecule has 2 N–H and O–H groups in total. The Kier molecular flexibility index (Phi) is 4.01. The van der Waals surface area contributed by atoms with Crippen LogP contribution in [0.5, 0.6) is 0 Å². The van der Waals surface area contributed by atoms with Crippen molar-refractivity contribution in [3.8, 4) is 0 Å². The monoisotopic (exact) mass is 161 g/mol. The maximum absolute atomic E-state index is 13.1. The molecular formula is C9H20FN. The second-order valence-electron chi connectivity index (χ2n) is 4.42. The van der Waals surface area contributed by atoms with E-state index in [1.165, 1.54) is 0 Å². The highest BCUT2D eigenvalue weighted by Crippen LogP contribution is 2.17. The van der Waals surface area contributed by atoms with Crippen LogP contribution in [0.15, 0.2) is 0 Å². The Morgan fingerprint density at radius 3 is 2.09 bits per heavy atom. The Balaban J connectivity index is 3.61. The summed E-state index contributed by atoms with van der Waals surface area (Å²) in [5, 5.41) is 0. The zero-order valence-electron chi connectivity index (χ0n) is 8.02. The quantitative estimate of drug-likeness (QED) is 0.673. The van der Waals surface area contributed by atoms with Gasteiger partial charge in [0, 0.05) is 5.54 Å². The van der Waals surface area contributed by atoms with Gasteiger partial charge in [0.1, 0.15) is 6.17 Å². The van der Waals surface area contributed by atoms with Gasteiger partial charge in [0.2, 0.25) is 0 Å². The molecule has 2 heteroatoms. The van der Waals surface area contributed by atoms with E-state index in [0.717, 1.165) is 0 Å². The lowest BCUT2D eigenvalue weighted by Crippen LogP contribution is -2.35. The van der Waals surface area contributed by atoms with E-state index in [0.29, 0.717) is 18.8 Å². The molecule has 0 aromatic rings. The van der Waals surface area contributed by atoms with Gasteiger partial charge in [-0.3, -0.25) is 0 Å². The molecule has 68 valence electrons. The van der Waals surface area contributed by atoms with E-state index >= 15 is 0 Å². The highest BCUT2D eigenvalue weighted by Gasteiger charge is 2.18. The summed E-state index contributed by atoms with van der Waals surface area (Å²) in [6.45, 7) is 7.77. The number of hydrogen-bond donors (Lipinski definition) is 1. The van der Waals surface area contributed by atoms with Crippen LogP contribution in [0, 0.1) is 5.92 Å². The van der Waals surface area contributed by atoms with Gasteiger partial charge in [-0.05, 0) is 32.6 Å². The SMILES string of the molecule is CC(C)CC(F)CC(C)(C)N. The fraction of sp³-hybridized carbons (Fsp3) is 1.00. The molecule has 11 heavy (non-hydrogen) atoms. The molecule has 0 aromatic heterocycles. The van der Waals surface area contributed by atoms with E-state index < -0.39 is 6.17 Å². The third kappa shape index (κ3) is 7.79. The van der Waals surface area contributed by atoms with Crippen LogP contribution in [0.25, 0.3) is 0 Å². The average Bonchev–Trinajstić information content (AvgIpc) is 1.53. The summed E-state index contributed by atoms with van der Waals surface area (Å²) in [5.41, 5.74) is 5.31. The summed E-state index contributed by atoms with van der Waals surface area (Å²) in [6.07, 6.45) is 0.348. The van der Waals surface area contributed by atoms with Crippen LogP contribution in [0.3, 0.4) is 0 Å². The minimum Gasteiger partial charge on any atom is -0.325 e. The van der Waals surface area contributed by atoms with Crippen molar-refractivity contribution in [1.82, 2.24) is 0 Å². The number of alkyl halides is 1. The first-order valence-electron chi connectivity index (χ1n) is 4.24. The predicted octanol–water partition coefficient (Wildman–Crippen LogP) is 2.50. The second-order valence-corrected chi connectivity index (χ2v) is 4.42. The molecular weight excluding hydrogens is 141 g/mol. The van der Waals surface area contributed by atoms with Crippen molar-refractivity contribution in [2.75, 3.05) is 0 Å². The molecule has 0 amide bonds. The fourth-order valence-corrected chi connectivity index (χ4v) is 1.17.